The Morgan fingerprint density at radius 2 is 1.82 bits per heavy atom. The highest BCUT2D eigenvalue weighted by molar-refractivity contribution is 5.59. The second-order valence-corrected chi connectivity index (χ2v) is 7.12. The van der Waals surface area contributed by atoms with E-state index in [9.17, 15) is 13.2 Å². The second-order valence-electron chi connectivity index (χ2n) is 7.12. The van der Waals surface area contributed by atoms with Crippen molar-refractivity contribution in [2.75, 3.05) is 6.61 Å². The molecule has 0 aliphatic rings. The Kier molecular flexibility index (Phi) is 8.33. The van der Waals surface area contributed by atoms with Gasteiger partial charge in [0, 0.05) is 11.5 Å². The fourth-order valence-corrected chi connectivity index (χ4v) is 2.91. The van der Waals surface area contributed by atoms with Crippen molar-refractivity contribution in [2.45, 2.75) is 77.8 Å². The maximum absolute atomic E-state index is 13.5. The highest BCUT2D eigenvalue weighted by Crippen LogP contribution is 2.38. The van der Waals surface area contributed by atoms with Gasteiger partial charge in [0.1, 0.15) is 5.75 Å². The molecule has 28 heavy (non-hydrogen) atoms. The maximum atomic E-state index is 13.5. The van der Waals surface area contributed by atoms with Crippen LogP contribution < -0.4 is 4.74 Å². The molecule has 1 heterocycles. The van der Waals surface area contributed by atoms with E-state index in [4.69, 9.17) is 9.26 Å². The molecule has 0 bridgehead atoms. The molecule has 2 rings (SSSR count). The number of alkyl halides is 3. The molecule has 0 amide bonds. The van der Waals surface area contributed by atoms with E-state index in [1.54, 1.807) is 6.07 Å². The number of nitrogens with zero attached hydrogens (tertiary/aromatic N) is 2. The fraction of sp³-hybridized carbons (Fsp3) is 0.619. The van der Waals surface area contributed by atoms with Crippen molar-refractivity contribution >= 4 is 0 Å². The fourth-order valence-electron chi connectivity index (χ4n) is 2.91. The number of ether oxygens (including phenoxy) is 1. The van der Waals surface area contributed by atoms with Crippen LogP contribution in [0.5, 0.6) is 5.75 Å². The molecule has 0 saturated carbocycles. The van der Waals surface area contributed by atoms with Crippen LogP contribution in [0.2, 0.25) is 0 Å². The van der Waals surface area contributed by atoms with E-state index in [0.717, 1.165) is 51.0 Å². The third-order valence-corrected chi connectivity index (χ3v) is 4.65. The van der Waals surface area contributed by atoms with E-state index in [-0.39, 0.29) is 29.7 Å². The highest BCUT2D eigenvalue weighted by atomic mass is 19.4. The molecule has 2 aromatic rings. The number of hydrogen-bond acceptors (Lipinski definition) is 4. The average Bonchev–Trinajstić information content (AvgIpc) is 3.15. The lowest BCUT2D eigenvalue weighted by Gasteiger charge is -2.14. The highest BCUT2D eigenvalue weighted by Gasteiger charge is 2.35. The Hall–Kier alpha value is -2.05. The van der Waals surface area contributed by atoms with Crippen LogP contribution in [0.25, 0.3) is 11.4 Å². The molecular formula is C21H29F3N2O2. The van der Waals surface area contributed by atoms with E-state index in [0.29, 0.717) is 5.89 Å². The molecule has 7 heteroatoms. The molecule has 1 atom stereocenters. The number of halogens is 3. The molecule has 0 saturated heterocycles. The predicted molar refractivity (Wildman–Crippen MR) is 102 cm³/mol. The van der Waals surface area contributed by atoms with Crippen molar-refractivity contribution in [1.29, 1.82) is 0 Å². The summed E-state index contributed by atoms with van der Waals surface area (Å²) in [5.41, 5.74) is -0.547. The van der Waals surface area contributed by atoms with Gasteiger partial charge < -0.3 is 9.26 Å². The van der Waals surface area contributed by atoms with Crippen molar-refractivity contribution in [3.05, 3.63) is 29.7 Å². The van der Waals surface area contributed by atoms with Gasteiger partial charge in [-0.2, -0.15) is 18.2 Å². The Balaban J connectivity index is 2.17. The van der Waals surface area contributed by atoms with Crippen LogP contribution in [-0.2, 0) is 6.18 Å². The quantitative estimate of drug-likeness (QED) is 0.382. The van der Waals surface area contributed by atoms with Gasteiger partial charge in [0.25, 0.3) is 0 Å². The summed E-state index contributed by atoms with van der Waals surface area (Å²) in [7, 11) is 0. The molecule has 0 N–H and O–H groups in total. The van der Waals surface area contributed by atoms with Gasteiger partial charge in [-0.05, 0) is 31.0 Å². The van der Waals surface area contributed by atoms with Crippen LogP contribution in [0.1, 0.15) is 83.1 Å². The zero-order valence-corrected chi connectivity index (χ0v) is 16.8. The molecule has 0 aliphatic heterocycles. The van der Waals surface area contributed by atoms with Gasteiger partial charge in [-0.25, -0.2) is 0 Å². The Morgan fingerprint density at radius 3 is 2.50 bits per heavy atom. The first kappa shape index (κ1) is 22.2. The van der Waals surface area contributed by atoms with E-state index >= 15 is 0 Å². The number of hydrogen-bond donors (Lipinski definition) is 0. The van der Waals surface area contributed by atoms with Crippen LogP contribution in [0, 0.1) is 0 Å². The second kappa shape index (κ2) is 10.5. The molecule has 4 nitrogen and oxygen atoms in total. The van der Waals surface area contributed by atoms with Gasteiger partial charge in [-0.1, -0.05) is 58.0 Å². The molecule has 1 aromatic carbocycles. The monoisotopic (exact) mass is 398 g/mol. The summed E-state index contributed by atoms with van der Waals surface area (Å²) in [6.07, 6.45) is 2.25. The summed E-state index contributed by atoms with van der Waals surface area (Å²) < 4.78 is 51.2. The Bertz CT molecular complexity index is 729. The lowest BCUT2D eigenvalue weighted by Crippen LogP contribution is -2.10. The first-order chi connectivity index (χ1) is 13.4. The van der Waals surface area contributed by atoms with E-state index in [1.807, 2.05) is 6.92 Å². The first-order valence-corrected chi connectivity index (χ1v) is 10.0. The maximum Gasteiger partial charge on any atom is 0.419 e. The van der Waals surface area contributed by atoms with Gasteiger partial charge in [0.2, 0.25) is 11.7 Å². The van der Waals surface area contributed by atoms with Gasteiger partial charge in [0.15, 0.2) is 0 Å². The topological polar surface area (TPSA) is 48.2 Å². The van der Waals surface area contributed by atoms with Crippen molar-refractivity contribution in [3.8, 4) is 17.1 Å². The zero-order chi connectivity index (χ0) is 20.6. The lowest BCUT2D eigenvalue weighted by atomic mass is 10.0. The number of benzene rings is 1. The first-order valence-electron chi connectivity index (χ1n) is 10.0. The van der Waals surface area contributed by atoms with E-state index < -0.39 is 11.7 Å². The van der Waals surface area contributed by atoms with Crippen molar-refractivity contribution in [3.63, 3.8) is 0 Å². The summed E-state index contributed by atoms with van der Waals surface area (Å²) >= 11 is 0. The number of aromatic nitrogens is 2. The predicted octanol–water partition coefficient (Wildman–Crippen LogP) is 7.01. The standard InChI is InChI=1S/C21H29F3N2O2/c1-4-6-8-9-13-27-18-12-11-16(14-17(18)21(22,23)24)19-25-20(28-26-19)15(3)10-7-5-2/h11-12,14-15H,4-10,13H2,1-3H3/t15-/m0/s1. The van der Waals surface area contributed by atoms with Crippen LogP contribution in [0.4, 0.5) is 13.2 Å². The van der Waals surface area contributed by atoms with Crippen LogP contribution in [0.3, 0.4) is 0 Å². The van der Waals surface area contributed by atoms with Crippen molar-refractivity contribution < 1.29 is 22.4 Å². The van der Waals surface area contributed by atoms with E-state index in [2.05, 4.69) is 24.0 Å². The van der Waals surface area contributed by atoms with Crippen LogP contribution in [-0.4, -0.2) is 16.7 Å². The normalized spacial score (nSPS) is 12.9. The van der Waals surface area contributed by atoms with Gasteiger partial charge in [-0.15, -0.1) is 0 Å². The molecule has 156 valence electrons. The smallest absolute Gasteiger partial charge is 0.419 e. The van der Waals surface area contributed by atoms with Gasteiger partial charge in [0.05, 0.1) is 12.2 Å². The summed E-state index contributed by atoms with van der Waals surface area (Å²) in [5, 5.41) is 3.87. The molecule has 1 aromatic heterocycles. The largest absolute Gasteiger partial charge is 0.493 e. The minimum Gasteiger partial charge on any atom is -0.493 e. The van der Waals surface area contributed by atoms with Crippen molar-refractivity contribution in [1.82, 2.24) is 10.1 Å². The minimum absolute atomic E-state index is 0.0778. The average molecular weight is 398 g/mol. The van der Waals surface area contributed by atoms with Crippen LogP contribution >= 0.6 is 0 Å². The molecule has 0 unspecified atom stereocenters. The zero-order valence-electron chi connectivity index (χ0n) is 16.8. The Morgan fingerprint density at radius 1 is 1.07 bits per heavy atom. The Labute approximate surface area is 164 Å². The van der Waals surface area contributed by atoms with Gasteiger partial charge >= 0.3 is 6.18 Å². The summed E-state index contributed by atoms with van der Waals surface area (Å²) in [6, 6.07) is 3.92. The molecule has 0 radical (unpaired) electrons. The van der Waals surface area contributed by atoms with Crippen molar-refractivity contribution in [2.24, 2.45) is 0 Å². The molecule has 0 spiro atoms. The van der Waals surface area contributed by atoms with Crippen LogP contribution in [0.15, 0.2) is 22.7 Å². The van der Waals surface area contributed by atoms with E-state index in [1.165, 1.54) is 6.07 Å². The number of unbranched alkanes of at least 4 members (excludes halogenated alkanes) is 4. The number of rotatable bonds is 11. The third kappa shape index (κ3) is 6.24. The lowest BCUT2D eigenvalue weighted by molar-refractivity contribution is -0.138. The third-order valence-electron chi connectivity index (χ3n) is 4.65. The summed E-state index contributed by atoms with van der Waals surface area (Å²) in [5.74, 6) is 0.536. The molecular weight excluding hydrogens is 369 g/mol. The summed E-state index contributed by atoms with van der Waals surface area (Å²) in [4.78, 5) is 4.30. The molecule has 0 aliphatic carbocycles. The minimum atomic E-state index is -4.52. The summed E-state index contributed by atoms with van der Waals surface area (Å²) in [6.45, 7) is 6.42. The SMILES string of the molecule is CCCCCCOc1ccc(-c2noc([C@@H](C)CCCC)n2)cc1C(F)(F)F. The van der Waals surface area contributed by atoms with Gasteiger partial charge in [-0.3, -0.25) is 0 Å². The molecule has 0 fully saturated rings.